The Morgan fingerprint density at radius 2 is 2.04 bits per heavy atom. The van der Waals surface area contributed by atoms with Gasteiger partial charge in [-0.15, -0.1) is 0 Å². The molecule has 2 aliphatic rings. The van der Waals surface area contributed by atoms with Crippen LogP contribution in [0.4, 0.5) is 4.39 Å². The van der Waals surface area contributed by atoms with Crippen LogP contribution in [0.15, 0.2) is 18.2 Å². The number of hydrogen-bond acceptors (Lipinski definition) is 4. The van der Waals surface area contributed by atoms with Crippen LogP contribution in [-0.2, 0) is 9.53 Å². The van der Waals surface area contributed by atoms with Gasteiger partial charge >= 0.3 is 0 Å². The third kappa shape index (κ3) is 5.18. The number of carbonyl (C=O) groups excluding carboxylic acids is 2. The summed E-state index contributed by atoms with van der Waals surface area (Å²) in [7, 11) is 1.61. The lowest BCUT2D eigenvalue weighted by Crippen LogP contribution is -2.64. The summed E-state index contributed by atoms with van der Waals surface area (Å²) < 4.78 is 18.2. The number of nitrogens with zero attached hydrogens (tertiary/aromatic N) is 1. The molecule has 2 fully saturated rings. The van der Waals surface area contributed by atoms with E-state index in [4.69, 9.17) is 16.3 Å². The summed E-state index contributed by atoms with van der Waals surface area (Å²) in [5, 5.41) is 5.89. The average molecular weight is 398 g/mol. The van der Waals surface area contributed by atoms with Crippen LogP contribution in [0.5, 0.6) is 0 Å². The summed E-state index contributed by atoms with van der Waals surface area (Å²) in [4.78, 5) is 26.0. The van der Waals surface area contributed by atoms with E-state index in [0.717, 1.165) is 25.9 Å². The minimum Gasteiger partial charge on any atom is -0.383 e. The summed E-state index contributed by atoms with van der Waals surface area (Å²) in [6.07, 6.45) is 2.08. The SMILES string of the molecule is COCCNC(=O)CN1CC2(CC(CNC(=O)c3cc(F)cc(Cl)c3)C2)C1. The fourth-order valence-corrected chi connectivity index (χ4v) is 4.38. The molecule has 1 aliphatic carbocycles. The van der Waals surface area contributed by atoms with Gasteiger partial charge in [-0.05, 0) is 42.4 Å². The predicted octanol–water partition coefficient (Wildman–Crippen LogP) is 1.68. The maximum absolute atomic E-state index is 13.3. The summed E-state index contributed by atoms with van der Waals surface area (Å²) >= 11 is 5.78. The molecule has 1 saturated carbocycles. The first-order valence-electron chi connectivity index (χ1n) is 9.11. The van der Waals surface area contributed by atoms with Crippen LogP contribution in [0.2, 0.25) is 5.02 Å². The van der Waals surface area contributed by atoms with Crippen molar-refractivity contribution in [2.24, 2.45) is 11.3 Å². The zero-order valence-corrected chi connectivity index (χ0v) is 16.2. The zero-order chi connectivity index (χ0) is 19.4. The third-order valence-electron chi connectivity index (χ3n) is 5.23. The van der Waals surface area contributed by atoms with E-state index in [2.05, 4.69) is 15.5 Å². The number of ether oxygens (including phenoxy) is 1. The zero-order valence-electron chi connectivity index (χ0n) is 15.4. The molecule has 2 amide bonds. The van der Waals surface area contributed by atoms with Gasteiger partial charge in [0.15, 0.2) is 0 Å². The Balaban J connectivity index is 1.33. The van der Waals surface area contributed by atoms with Crippen molar-refractivity contribution >= 4 is 23.4 Å². The molecule has 6 nitrogen and oxygen atoms in total. The number of amides is 2. The van der Waals surface area contributed by atoms with Crippen molar-refractivity contribution in [3.63, 3.8) is 0 Å². The molecule has 1 saturated heterocycles. The van der Waals surface area contributed by atoms with E-state index >= 15 is 0 Å². The molecule has 1 aromatic carbocycles. The van der Waals surface area contributed by atoms with Gasteiger partial charge in [0.25, 0.3) is 5.91 Å². The van der Waals surface area contributed by atoms with E-state index < -0.39 is 5.82 Å². The van der Waals surface area contributed by atoms with Crippen LogP contribution in [0.1, 0.15) is 23.2 Å². The van der Waals surface area contributed by atoms with Crippen LogP contribution in [-0.4, -0.2) is 63.2 Å². The highest BCUT2D eigenvalue weighted by Crippen LogP contribution is 2.51. The van der Waals surface area contributed by atoms with Crippen LogP contribution >= 0.6 is 11.6 Å². The van der Waals surface area contributed by atoms with Crippen molar-refractivity contribution < 1.29 is 18.7 Å². The molecule has 2 N–H and O–H groups in total. The van der Waals surface area contributed by atoms with Gasteiger partial charge in [-0.1, -0.05) is 11.6 Å². The number of likely N-dealkylation sites (tertiary alicyclic amines) is 1. The monoisotopic (exact) mass is 397 g/mol. The van der Waals surface area contributed by atoms with Crippen molar-refractivity contribution in [1.82, 2.24) is 15.5 Å². The lowest BCUT2D eigenvalue weighted by Gasteiger charge is -2.59. The Kier molecular flexibility index (Phi) is 6.34. The Labute approximate surface area is 163 Å². The second kappa shape index (κ2) is 8.54. The maximum atomic E-state index is 13.3. The van der Waals surface area contributed by atoms with Gasteiger partial charge in [-0.2, -0.15) is 0 Å². The molecule has 3 rings (SSSR count). The minimum atomic E-state index is -0.518. The van der Waals surface area contributed by atoms with Gasteiger partial charge in [-0.25, -0.2) is 4.39 Å². The molecule has 1 aliphatic heterocycles. The molecule has 0 radical (unpaired) electrons. The number of rotatable bonds is 8. The normalized spacial score (nSPS) is 18.6. The Morgan fingerprint density at radius 3 is 2.70 bits per heavy atom. The lowest BCUT2D eigenvalue weighted by molar-refractivity contribution is -0.132. The van der Waals surface area contributed by atoms with Gasteiger partial charge in [0.1, 0.15) is 5.82 Å². The third-order valence-corrected chi connectivity index (χ3v) is 5.45. The van der Waals surface area contributed by atoms with Crippen LogP contribution in [0, 0.1) is 17.2 Å². The quantitative estimate of drug-likeness (QED) is 0.655. The van der Waals surface area contributed by atoms with Gasteiger partial charge < -0.3 is 15.4 Å². The highest BCUT2D eigenvalue weighted by molar-refractivity contribution is 6.31. The first-order valence-corrected chi connectivity index (χ1v) is 9.49. The Bertz CT molecular complexity index is 681. The second-order valence-electron chi connectivity index (χ2n) is 7.63. The van der Waals surface area contributed by atoms with Gasteiger partial charge in [0, 0.05) is 43.9 Å². The molecule has 0 unspecified atom stereocenters. The maximum Gasteiger partial charge on any atom is 0.251 e. The van der Waals surface area contributed by atoms with Crippen molar-refractivity contribution in [3.05, 3.63) is 34.6 Å². The topological polar surface area (TPSA) is 70.7 Å². The van der Waals surface area contributed by atoms with E-state index in [1.165, 1.54) is 18.2 Å². The fraction of sp³-hybridized carbons (Fsp3) is 0.579. The summed E-state index contributed by atoms with van der Waals surface area (Å²) in [5.41, 5.74) is 0.535. The highest BCUT2D eigenvalue weighted by Gasteiger charge is 2.52. The standard InChI is InChI=1S/C19H25ClFN3O3/c1-27-3-2-22-17(25)10-24-11-19(12-24)7-13(8-19)9-23-18(26)14-4-15(20)6-16(21)5-14/h4-6,13H,2-3,7-12H2,1H3,(H,22,25)(H,23,26). The van der Waals surface area contributed by atoms with Crippen LogP contribution in [0.25, 0.3) is 0 Å². The van der Waals surface area contributed by atoms with Crippen LogP contribution in [0.3, 0.4) is 0 Å². The summed E-state index contributed by atoms with van der Waals surface area (Å²) in [6.45, 7) is 3.90. The van der Waals surface area contributed by atoms with E-state index in [9.17, 15) is 14.0 Å². The van der Waals surface area contributed by atoms with Crippen molar-refractivity contribution in [2.45, 2.75) is 12.8 Å². The van der Waals surface area contributed by atoms with Crippen molar-refractivity contribution in [1.29, 1.82) is 0 Å². The van der Waals surface area contributed by atoms with E-state index in [0.29, 0.717) is 37.6 Å². The van der Waals surface area contributed by atoms with Gasteiger partial charge in [-0.3, -0.25) is 14.5 Å². The molecule has 148 valence electrons. The number of hydrogen-bond donors (Lipinski definition) is 2. The van der Waals surface area contributed by atoms with Crippen molar-refractivity contribution in [3.8, 4) is 0 Å². The molecular formula is C19H25ClFN3O3. The molecule has 0 atom stereocenters. The van der Waals surface area contributed by atoms with Gasteiger partial charge in [0.2, 0.25) is 5.91 Å². The summed E-state index contributed by atoms with van der Waals surface area (Å²) in [6, 6.07) is 3.82. The van der Waals surface area contributed by atoms with Crippen LogP contribution < -0.4 is 10.6 Å². The number of methoxy groups -OCH3 is 1. The summed E-state index contributed by atoms with van der Waals surface area (Å²) in [5.74, 6) is -0.370. The first-order chi connectivity index (χ1) is 12.9. The van der Waals surface area contributed by atoms with Crippen molar-refractivity contribution in [2.75, 3.05) is 46.4 Å². The average Bonchev–Trinajstić information content (AvgIpc) is 2.53. The molecule has 1 aromatic rings. The van der Waals surface area contributed by atoms with E-state index in [-0.39, 0.29) is 22.4 Å². The first kappa shape index (κ1) is 20.0. The number of halogens is 2. The smallest absolute Gasteiger partial charge is 0.251 e. The molecule has 1 heterocycles. The number of benzene rings is 1. The Hall–Kier alpha value is -1.70. The molecule has 0 bridgehead atoms. The highest BCUT2D eigenvalue weighted by atomic mass is 35.5. The molecule has 1 spiro atoms. The van der Waals surface area contributed by atoms with E-state index in [1.807, 2.05) is 0 Å². The molecular weight excluding hydrogens is 373 g/mol. The largest absolute Gasteiger partial charge is 0.383 e. The lowest BCUT2D eigenvalue weighted by atomic mass is 9.57. The number of carbonyl (C=O) groups is 2. The van der Waals surface area contributed by atoms with E-state index in [1.54, 1.807) is 7.11 Å². The number of nitrogens with one attached hydrogen (secondary N) is 2. The fourth-order valence-electron chi connectivity index (χ4n) is 4.16. The van der Waals surface area contributed by atoms with Gasteiger partial charge in [0.05, 0.1) is 13.2 Å². The molecule has 8 heteroatoms. The minimum absolute atomic E-state index is 0.0267. The predicted molar refractivity (Wildman–Crippen MR) is 100 cm³/mol. The second-order valence-corrected chi connectivity index (χ2v) is 8.07. The Morgan fingerprint density at radius 1 is 1.30 bits per heavy atom. The molecule has 27 heavy (non-hydrogen) atoms. The molecule has 0 aromatic heterocycles.